The fourth-order valence-corrected chi connectivity index (χ4v) is 2.56. The van der Waals surface area contributed by atoms with Crippen molar-refractivity contribution in [2.75, 3.05) is 11.9 Å². The van der Waals surface area contributed by atoms with Crippen molar-refractivity contribution in [3.8, 4) is 0 Å². The molecule has 1 fully saturated rings. The summed E-state index contributed by atoms with van der Waals surface area (Å²) in [5.74, 6) is -0.234. The van der Waals surface area contributed by atoms with Crippen molar-refractivity contribution in [2.24, 2.45) is 5.92 Å². The maximum absolute atomic E-state index is 13.2. The van der Waals surface area contributed by atoms with Crippen LogP contribution in [0.5, 0.6) is 0 Å². The summed E-state index contributed by atoms with van der Waals surface area (Å²) < 4.78 is 13.2. The first-order valence-electron chi connectivity index (χ1n) is 6.71. The summed E-state index contributed by atoms with van der Waals surface area (Å²) in [6, 6.07) is 4.70. The smallest absolute Gasteiger partial charge is 0.229 e. The third-order valence-electron chi connectivity index (χ3n) is 3.91. The monoisotopic (exact) mass is 265 g/mol. The van der Waals surface area contributed by atoms with Gasteiger partial charge in [-0.15, -0.1) is 0 Å². The van der Waals surface area contributed by atoms with E-state index in [4.69, 9.17) is 0 Å². The zero-order valence-electron chi connectivity index (χ0n) is 11.4. The van der Waals surface area contributed by atoms with E-state index in [-0.39, 0.29) is 23.7 Å². The first-order chi connectivity index (χ1) is 8.99. The van der Waals surface area contributed by atoms with Gasteiger partial charge in [0.15, 0.2) is 0 Å². The van der Waals surface area contributed by atoms with E-state index in [0.29, 0.717) is 18.4 Å². The minimum atomic E-state index is -0.262. The van der Waals surface area contributed by atoms with Crippen LogP contribution >= 0.6 is 0 Å². The van der Waals surface area contributed by atoms with Gasteiger partial charge in [-0.3, -0.25) is 4.79 Å². The van der Waals surface area contributed by atoms with Crippen LogP contribution in [0.3, 0.4) is 0 Å². The Balaban J connectivity index is 2.08. The van der Waals surface area contributed by atoms with Crippen LogP contribution in [0.15, 0.2) is 18.2 Å². The quantitative estimate of drug-likeness (QED) is 0.893. The van der Waals surface area contributed by atoms with Crippen molar-refractivity contribution in [2.45, 2.75) is 38.7 Å². The van der Waals surface area contributed by atoms with Crippen LogP contribution in [0, 0.1) is 18.7 Å². The van der Waals surface area contributed by atoms with Gasteiger partial charge in [0.05, 0.1) is 6.10 Å². The highest BCUT2D eigenvalue weighted by atomic mass is 19.1. The van der Waals surface area contributed by atoms with Crippen molar-refractivity contribution in [3.05, 3.63) is 29.6 Å². The second kappa shape index (κ2) is 5.70. The van der Waals surface area contributed by atoms with Crippen LogP contribution in [0.2, 0.25) is 0 Å². The number of halogens is 1. The molecular weight excluding hydrogens is 245 g/mol. The number of hydrogen-bond acceptors (Lipinski definition) is 2. The number of benzene rings is 1. The summed E-state index contributed by atoms with van der Waals surface area (Å²) in [5, 5.41) is 9.46. The van der Waals surface area contributed by atoms with Gasteiger partial charge < -0.3 is 10.0 Å². The number of carbonyl (C=O) groups excluding carboxylic acids is 1. The van der Waals surface area contributed by atoms with Crippen molar-refractivity contribution in [3.63, 3.8) is 0 Å². The molecule has 2 rings (SSSR count). The molecule has 4 heteroatoms. The summed E-state index contributed by atoms with van der Waals surface area (Å²) in [6.07, 6.45) is 2.57. The molecule has 1 aromatic rings. The third kappa shape index (κ3) is 3.13. The van der Waals surface area contributed by atoms with Gasteiger partial charge in [0, 0.05) is 18.7 Å². The minimum absolute atomic E-state index is 0.0289. The van der Waals surface area contributed by atoms with E-state index in [1.54, 1.807) is 31.0 Å². The lowest BCUT2D eigenvalue weighted by Gasteiger charge is -2.28. The molecule has 0 heterocycles. The third-order valence-corrected chi connectivity index (χ3v) is 3.91. The topological polar surface area (TPSA) is 40.5 Å². The molecule has 104 valence electrons. The molecule has 0 saturated heterocycles. The highest BCUT2D eigenvalue weighted by molar-refractivity contribution is 5.94. The number of aliphatic hydroxyl groups is 1. The zero-order chi connectivity index (χ0) is 14.0. The predicted molar refractivity (Wildman–Crippen MR) is 72.5 cm³/mol. The Morgan fingerprint density at radius 1 is 1.32 bits per heavy atom. The second-order valence-corrected chi connectivity index (χ2v) is 5.34. The lowest BCUT2D eigenvalue weighted by molar-refractivity contribution is -0.123. The normalized spacial score (nSPS) is 23.2. The van der Waals surface area contributed by atoms with Gasteiger partial charge in [-0.25, -0.2) is 4.39 Å². The maximum Gasteiger partial charge on any atom is 0.229 e. The molecule has 0 aliphatic heterocycles. The van der Waals surface area contributed by atoms with E-state index < -0.39 is 0 Å². The van der Waals surface area contributed by atoms with Crippen LogP contribution in [0.4, 0.5) is 10.1 Å². The van der Waals surface area contributed by atoms with Crippen molar-refractivity contribution >= 4 is 11.6 Å². The lowest BCUT2D eigenvalue weighted by atomic mass is 9.86. The molecule has 0 spiro atoms. The number of anilines is 1. The summed E-state index contributed by atoms with van der Waals surface area (Å²) in [6.45, 7) is 1.69. The van der Waals surface area contributed by atoms with E-state index in [1.165, 1.54) is 6.07 Å². The Kier molecular flexibility index (Phi) is 4.20. The maximum atomic E-state index is 13.2. The van der Waals surface area contributed by atoms with Crippen molar-refractivity contribution < 1.29 is 14.3 Å². The van der Waals surface area contributed by atoms with Crippen molar-refractivity contribution in [1.29, 1.82) is 0 Å². The molecule has 1 N–H and O–H groups in total. The van der Waals surface area contributed by atoms with E-state index >= 15 is 0 Å². The van der Waals surface area contributed by atoms with Gasteiger partial charge in [-0.05, 0) is 56.4 Å². The van der Waals surface area contributed by atoms with Gasteiger partial charge in [0.2, 0.25) is 5.91 Å². The molecular formula is C15H20FNO2. The van der Waals surface area contributed by atoms with Crippen LogP contribution in [0.25, 0.3) is 0 Å². The van der Waals surface area contributed by atoms with Crippen LogP contribution in [0.1, 0.15) is 31.2 Å². The van der Waals surface area contributed by atoms with Crippen LogP contribution in [-0.4, -0.2) is 24.2 Å². The summed E-state index contributed by atoms with van der Waals surface area (Å²) >= 11 is 0. The second-order valence-electron chi connectivity index (χ2n) is 5.34. The van der Waals surface area contributed by atoms with Gasteiger partial charge in [0.1, 0.15) is 5.82 Å². The number of aryl methyl sites for hydroxylation is 1. The molecule has 0 bridgehead atoms. The lowest BCUT2D eigenvalue weighted by Crippen LogP contribution is -2.35. The van der Waals surface area contributed by atoms with Gasteiger partial charge >= 0.3 is 0 Å². The molecule has 19 heavy (non-hydrogen) atoms. The standard InChI is InChI=1S/C15H20FNO2/c1-10-9-12(5-8-14(10)16)17(2)15(19)11-3-6-13(18)7-4-11/h5,8-9,11,13,18H,3-4,6-7H2,1-2H3. The first-order valence-corrected chi connectivity index (χ1v) is 6.71. The fraction of sp³-hybridized carbons (Fsp3) is 0.533. The van der Waals surface area contributed by atoms with Gasteiger partial charge in [-0.1, -0.05) is 0 Å². The zero-order valence-corrected chi connectivity index (χ0v) is 11.4. The number of hydrogen-bond donors (Lipinski definition) is 1. The molecule has 0 atom stereocenters. The Morgan fingerprint density at radius 3 is 2.53 bits per heavy atom. The molecule has 0 unspecified atom stereocenters. The Labute approximate surface area is 113 Å². The molecule has 3 nitrogen and oxygen atoms in total. The fourth-order valence-electron chi connectivity index (χ4n) is 2.56. The molecule has 0 aromatic heterocycles. The van der Waals surface area contributed by atoms with Crippen LogP contribution < -0.4 is 4.90 Å². The number of amides is 1. The predicted octanol–water partition coefficient (Wildman–Crippen LogP) is 2.65. The Bertz CT molecular complexity index is 467. The average Bonchev–Trinajstić information content (AvgIpc) is 2.41. The summed E-state index contributed by atoms with van der Waals surface area (Å²) in [5.41, 5.74) is 1.26. The molecule has 1 aliphatic rings. The largest absolute Gasteiger partial charge is 0.393 e. The Hall–Kier alpha value is -1.42. The van der Waals surface area contributed by atoms with E-state index in [2.05, 4.69) is 0 Å². The van der Waals surface area contributed by atoms with E-state index in [9.17, 15) is 14.3 Å². The van der Waals surface area contributed by atoms with Crippen molar-refractivity contribution in [1.82, 2.24) is 0 Å². The average molecular weight is 265 g/mol. The SMILES string of the molecule is Cc1cc(N(C)C(=O)C2CCC(O)CC2)ccc1F. The number of nitrogens with zero attached hydrogens (tertiary/aromatic N) is 1. The summed E-state index contributed by atoms with van der Waals surface area (Å²) in [4.78, 5) is 13.9. The van der Waals surface area contributed by atoms with E-state index in [0.717, 1.165) is 18.5 Å². The van der Waals surface area contributed by atoms with Crippen LogP contribution in [-0.2, 0) is 4.79 Å². The van der Waals surface area contributed by atoms with Gasteiger partial charge in [0.25, 0.3) is 0 Å². The number of aliphatic hydroxyl groups excluding tert-OH is 1. The highest BCUT2D eigenvalue weighted by Gasteiger charge is 2.27. The summed E-state index contributed by atoms with van der Waals surface area (Å²) in [7, 11) is 1.72. The molecule has 1 amide bonds. The number of carbonyl (C=O) groups is 1. The molecule has 1 aliphatic carbocycles. The molecule has 1 saturated carbocycles. The van der Waals surface area contributed by atoms with Gasteiger partial charge in [-0.2, -0.15) is 0 Å². The molecule has 0 radical (unpaired) electrons. The first kappa shape index (κ1) is 14.0. The molecule has 1 aromatic carbocycles. The Morgan fingerprint density at radius 2 is 1.95 bits per heavy atom. The highest BCUT2D eigenvalue weighted by Crippen LogP contribution is 2.27. The minimum Gasteiger partial charge on any atom is -0.393 e. The number of rotatable bonds is 2. The van der Waals surface area contributed by atoms with E-state index in [1.807, 2.05) is 0 Å².